The number of hydrogen-bond donors (Lipinski definition) is 2. The molecular weight excluding hydrogens is 440 g/mol. The van der Waals surface area contributed by atoms with Gasteiger partial charge in [-0.1, -0.05) is 23.7 Å². The molecule has 33 heavy (non-hydrogen) atoms. The number of carbonyl (C=O) groups is 1. The van der Waals surface area contributed by atoms with E-state index in [1.54, 1.807) is 4.90 Å². The number of benzene rings is 2. The standard InChI is InChI=1S/C25H27ClN4O3/c1-32-25(31)30-12-9-20-21-15-18(26)5-8-22(21)28-23(20)24(30)17-3-6-19(7-4-17)33-14-2-11-29-13-10-27-16-29/h3-8,10,13,15,24,27-28H,2,9,11-12,14,16H2,1H3. The fraction of sp³-hybridized carbons (Fsp3) is 0.320. The first kappa shape index (κ1) is 21.5. The summed E-state index contributed by atoms with van der Waals surface area (Å²) in [6.45, 7) is 3.02. The van der Waals surface area contributed by atoms with E-state index >= 15 is 0 Å². The number of aromatic nitrogens is 1. The lowest BCUT2D eigenvalue weighted by Crippen LogP contribution is -2.40. The molecule has 2 aliphatic heterocycles. The quantitative estimate of drug-likeness (QED) is 0.518. The summed E-state index contributed by atoms with van der Waals surface area (Å²) in [5.41, 5.74) is 4.22. The summed E-state index contributed by atoms with van der Waals surface area (Å²) in [5, 5.41) is 4.97. The van der Waals surface area contributed by atoms with Crippen molar-refractivity contribution in [3.05, 3.63) is 76.7 Å². The molecule has 3 heterocycles. The zero-order chi connectivity index (χ0) is 22.8. The number of ether oxygens (including phenoxy) is 2. The van der Waals surface area contributed by atoms with Gasteiger partial charge in [0.05, 0.1) is 20.4 Å². The van der Waals surface area contributed by atoms with Crippen molar-refractivity contribution in [1.82, 2.24) is 20.1 Å². The predicted octanol–water partition coefficient (Wildman–Crippen LogP) is 4.64. The third-order valence-corrected chi connectivity index (χ3v) is 6.49. The van der Waals surface area contributed by atoms with Crippen LogP contribution in [-0.2, 0) is 11.2 Å². The molecule has 0 saturated heterocycles. The van der Waals surface area contributed by atoms with Gasteiger partial charge in [0.1, 0.15) is 11.8 Å². The number of fused-ring (bicyclic) bond motifs is 3. The summed E-state index contributed by atoms with van der Waals surface area (Å²) in [5.74, 6) is 0.818. The summed E-state index contributed by atoms with van der Waals surface area (Å²) in [6.07, 6.45) is 5.35. The van der Waals surface area contributed by atoms with E-state index < -0.39 is 0 Å². The second kappa shape index (κ2) is 9.27. The summed E-state index contributed by atoms with van der Waals surface area (Å²) < 4.78 is 11.0. The van der Waals surface area contributed by atoms with Gasteiger partial charge in [-0.3, -0.25) is 4.90 Å². The van der Waals surface area contributed by atoms with Crippen LogP contribution in [0, 0.1) is 0 Å². The minimum Gasteiger partial charge on any atom is -0.494 e. The number of carbonyl (C=O) groups excluding carboxylic acids is 1. The molecule has 8 heteroatoms. The molecule has 0 spiro atoms. The van der Waals surface area contributed by atoms with Crippen molar-refractivity contribution in [2.75, 3.05) is 33.5 Å². The number of H-pyrrole nitrogens is 1. The number of halogens is 1. The molecule has 1 aromatic heterocycles. The summed E-state index contributed by atoms with van der Waals surface area (Å²) in [7, 11) is 1.42. The zero-order valence-corrected chi connectivity index (χ0v) is 19.3. The number of methoxy groups -OCH3 is 1. The first-order chi connectivity index (χ1) is 16.1. The van der Waals surface area contributed by atoms with Crippen LogP contribution in [0.5, 0.6) is 5.75 Å². The number of hydrogen-bond acceptors (Lipinski definition) is 5. The van der Waals surface area contributed by atoms with Crippen LogP contribution in [0.3, 0.4) is 0 Å². The van der Waals surface area contributed by atoms with Crippen molar-refractivity contribution >= 4 is 28.6 Å². The summed E-state index contributed by atoms with van der Waals surface area (Å²) in [4.78, 5) is 20.1. The zero-order valence-electron chi connectivity index (χ0n) is 18.5. The Labute approximate surface area is 197 Å². The second-order valence-electron chi connectivity index (χ2n) is 8.28. The van der Waals surface area contributed by atoms with Crippen LogP contribution in [0.25, 0.3) is 10.9 Å². The first-order valence-electron chi connectivity index (χ1n) is 11.2. The molecular formula is C25H27ClN4O3. The normalized spacial score (nSPS) is 17.2. The van der Waals surface area contributed by atoms with E-state index in [9.17, 15) is 4.79 Å². The van der Waals surface area contributed by atoms with Crippen molar-refractivity contribution < 1.29 is 14.3 Å². The van der Waals surface area contributed by atoms with Gasteiger partial charge in [0.15, 0.2) is 0 Å². The lowest BCUT2D eigenvalue weighted by atomic mass is 9.92. The van der Waals surface area contributed by atoms with Gasteiger partial charge in [0.2, 0.25) is 0 Å². The Morgan fingerprint density at radius 3 is 2.82 bits per heavy atom. The van der Waals surface area contributed by atoms with E-state index in [1.165, 1.54) is 12.7 Å². The first-order valence-corrected chi connectivity index (χ1v) is 11.5. The molecule has 1 amide bonds. The number of rotatable bonds is 6. The molecule has 0 saturated carbocycles. The molecule has 1 unspecified atom stereocenters. The Kier molecular flexibility index (Phi) is 6.05. The van der Waals surface area contributed by atoms with Crippen LogP contribution < -0.4 is 10.1 Å². The van der Waals surface area contributed by atoms with E-state index in [0.717, 1.165) is 54.0 Å². The van der Waals surface area contributed by atoms with E-state index in [4.69, 9.17) is 21.1 Å². The van der Waals surface area contributed by atoms with E-state index in [1.807, 2.05) is 48.7 Å². The van der Waals surface area contributed by atoms with Crippen molar-refractivity contribution in [1.29, 1.82) is 0 Å². The lowest BCUT2D eigenvalue weighted by Gasteiger charge is -2.35. The smallest absolute Gasteiger partial charge is 0.410 e. The van der Waals surface area contributed by atoms with Crippen LogP contribution in [0.2, 0.25) is 5.02 Å². The van der Waals surface area contributed by atoms with Crippen LogP contribution in [0.4, 0.5) is 4.79 Å². The number of amides is 1. The van der Waals surface area contributed by atoms with Gasteiger partial charge in [-0.2, -0.15) is 0 Å². The predicted molar refractivity (Wildman–Crippen MR) is 128 cm³/mol. The summed E-state index contributed by atoms with van der Waals surface area (Å²) >= 11 is 6.26. The minimum atomic E-state index is -0.340. The third kappa shape index (κ3) is 4.33. The SMILES string of the molecule is COC(=O)N1CCc2c([nH]c3ccc(Cl)cc23)C1c1ccc(OCCCN2C=CNC2)cc1. The van der Waals surface area contributed by atoms with Gasteiger partial charge in [0.25, 0.3) is 0 Å². The Bertz CT molecular complexity index is 1170. The van der Waals surface area contributed by atoms with Crippen LogP contribution >= 0.6 is 11.6 Å². The maximum atomic E-state index is 12.6. The minimum absolute atomic E-state index is 0.268. The van der Waals surface area contributed by atoms with Crippen molar-refractivity contribution in [2.24, 2.45) is 0 Å². The van der Waals surface area contributed by atoms with E-state index in [-0.39, 0.29) is 12.1 Å². The van der Waals surface area contributed by atoms with Crippen molar-refractivity contribution in [3.8, 4) is 5.75 Å². The molecule has 2 aromatic carbocycles. The number of nitrogens with zero attached hydrogens (tertiary/aromatic N) is 2. The van der Waals surface area contributed by atoms with Crippen LogP contribution in [0.1, 0.15) is 29.3 Å². The summed E-state index contributed by atoms with van der Waals surface area (Å²) in [6, 6.07) is 13.6. The Hall–Kier alpha value is -3.32. The largest absolute Gasteiger partial charge is 0.494 e. The van der Waals surface area contributed by atoms with Crippen LogP contribution in [0.15, 0.2) is 54.9 Å². The molecule has 0 fully saturated rings. The Morgan fingerprint density at radius 1 is 1.21 bits per heavy atom. The molecule has 0 bridgehead atoms. The third-order valence-electron chi connectivity index (χ3n) is 6.25. The molecule has 7 nitrogen and oxygen atoms in total. The number of aromatic amines is 1. The van der Waals surface area contributed by atoms with Crippen LogP contribution in [-0.4, -0.2) is 54.4 Å². The Balaban J connectivity index is 1.37. The molecule has 3 aromatic rings. The van der Waals surface area contributed by atoms with Gasteiger partial charge in [-0.15, -0.1) is 0 Å². The van der Waals surface area contributed by atoms with Gasteiger partial charge in [-0.25, -0.2) is 4.79 Å². The second-order valence-corrected chi connectivity index (χ2v) is 8.72. The topological polar surface area (TPSA) is 69.8 Å². The maximum Gasteiger partial charge on any atom is 0.410 e. The van der Waals surface area contributed by atoms with E-state index in [2.05, 4.69) is 21.4 Å². The molecule has 0 radical (unpaired) electrons. The highest BCUT2D eigenvalue weighted by molar-refractivity contribution is 6.31. The average Bonchev–Trinajstić information content (AvgIpc) is 3.49. The van der Waals surface area contributed by atoms with Gasteiger partial charge >= 0.3 is 6.09 Å². The molecule has 172 valence electrons. The van der Waals surface area contributed by atoms with Gasteiger partial charge in [0, 0.05) is 47.1 Å². The molecule has 0 aliphatic carbocycles. The van der Waals surface area contributed by atoms with Gasteiger partial charge in [-0.05, 0) is 54.3 Å². The average molecular weight is 467 g/mol. The molecule has 1 atom stereocenters. The highest BCUT2D eigenvalue weighted by Gasteiger charge is 2.35. The van der Waals surface area contributed by atoms with Crippen molar-refractivity contribution in [3.63, 3.8) is 0 Å². The molecule has 2 aliphatic rings. The lowest BCUT2D eigenvalue weighted by molar-refractivity contribution is 0.108. The maximum absolute atomic E-state index is 12.6. The fourth-order valence-corrected chi connectivity index (χ4v) is 4.83. The molecule has 5 rings (SSSR count). The van der Waals surface area contributed by atoms with Gasteiger partial charge < -0.3 is 24.7 Å². The van der Waals surface area contributed by atoms with E-state index in [0.29, 0.717) is 18.2 Å². The van der Waals surface area contributed by atoms with Crippen molar-refractivity contribution in [2.45, 2.75) is 18.9 Å². The highest BCUT2D eigenvalue weighted by Crippen LogP contribution is 2.39. The Morgan fingerprint density at radius 2 is 2.06 bits per heavy atom. The highest BCUT2D eigenvalue weighted by atomic mass is 35.5. The molecule has 2 N–H and O–H groups in total. The monoisotopic (exact) mass is 466 g/mol. The number of nitrogens with one attached hydrogen (secondary N) is 2. The fourth-order valence-electron chi connectivity index (χ4n) is 4.66.